The highest BCUT2D eigenvalue weighted by Crippen LogP contribution is 2.17. The first-order chi connectivity index (χ1) is 12.0. The van der Waals surface area contributed by atoms with E-state index in [1.807, 2.05) is 61.2 Å². The number of likely N-dealkylation sites (tertiary alicyclic amines) is 1. The maximum atomic E-state index is 12.5. The molecule has 0 spiro atoms. The quantitative estimate of drug-likeness (QED) is 0.910. The Kier molecular flexibility index (Phi) is 5.17. The molecular weight excluding hydrogens is 312 g/mol. The van der Waals surface area contributed by atoms with Crippen molar-refractivity contribution in [3.05, 3.63) is 70.3 Å². The van der Waals surface area contributed by atoms with Gasteiger partial charge in [0.05, 0.1) is 0 Å². The van der Waals surface area contributed by atoms with Crippen LogP contribution in [0.15, 0.2) is 42.5 Å². The van der Waals surface area contributed by atoms with E-state index < -0.39 is 0 Å². The molecule has 0 saturated carbocycles. The second-order valence-electron chi connectivity index (χ2n) is 6.69. The van der Waals surface area contributed by atoms with Crippen molar-refractivity contribution in [1.29, 1.82) is 0 Å². The molecular formula is C21H24N2O2. The summed E-state index contributed by atoms with van der Waals surface area (Å²) in [4.78, 5) is 26.3. The van der Waals surface area contributed by atoms with Crippen molar-refractivity contribution in [2.75, 3.05) is 6.54 Å². The Labute approximate surface area is 148 Å². The fourth-order valence-electron chi connectivity index (χ4n) is 3.21. The fraction of sp³-hybridized carbons (Fsp3) is 0.333. The SMILES string of the molecule is Cc1ccc(C)c(C(=O)NCc2ccccc2CN2CCCC2=O)c1. The Morgan fingerprint density at radius 1 is 1.12 bits per heavy atom. The summed E-state index contributed by atoms with van der Waals surface area (Å²) in [7, 11) is 0. The van der Waals surface area contributed by atoms with Crippen LogP contribution in [-0.2, 0) is 17.9 Å². The van der Waals surface area contributed by atoms with Crippen LogP contribution in [0.25, 0.3) is 0 Å². The predicted molar refractivity (Wildman–Crippen MR) is 98.2 cm³/mol. The van der Waals surface area contributed by atoms with Gasteiger partial charge in [0.2, 0.25) is 5.91 Å². The number of amides is 2. The molecule has 0 unspecified atom stereocenters. The van der Waals surface area contributed by atoms with Crippen molar-refractivity contribution < 1.29 is 9.59 Å². The number of benzene rings is 2. The number of hydrogen-bond donors (Lipinski definition) is 1. The number of carbonyl (C=O) groups excluding carboxylic acids is 2. The van der Waals surface area contributed by atoms with Gasteiger partial charge >= 0.3 is 0 Å². The lowest BCUT2D eigenvalue weighted by Gasteiger charge is -2.18. The molecule has 0 aliphatic carbocycles. The molecule has 130 valence electrons. The number of nitrogens with one attached hydrogen (secondary N) is 1. The van der Waals surface area contributed by atoms with Crippen molar-refractivity contribution in [3.8, 4) is 0 Å². The largest absolute Gasteiger partial charge is 0.348 e. The van der Waals surface area contributed by atoms with Gasteiger partial charge in [0.15, 0.2) is 0 Å². The molecule has 4 heteroatoms. The van der Waals surface area contributed by atoms with Crippen LogP contribution in [0.4, 0.5) is 0 Å². The Balaban J connectivity index is 1.70. The summed E-state index contributed by atoms with van der Waals surface area (Å²) in [5, 5.41) is 3.02. The molecule has 0 radical (unpaired) electrons. The fourth-order valence-corrected chi connectivity index (χ4v) is 3.21. The maximum absolute atomic E-state index is 12.5. The lowest BCUT2D eigenvalue weighted by molar-refractivity contribution is -0.128. The van der Waals surface area contributed by atoms with E-state index in [2.05, 4.69) is 5.32 Å². The molecule has 1 aliphatic heterocycles. The molecule has 1 heterocycles. The van der Waals surface area contributed by atoms with Gasteiger partial charge in [-0.1, -0.05) is 42.0 Å². The van der Waals surface area contributed by atoms with Crippen LogP contribution in [-0.4, -0.2) is 23.3 Å². The van der Waals surface area contributed by atoms with Crippen LogP contribution in [0.3, 0.4) is 0 Å². The number of nitrogens with zero attached hydrogens (tertiary/aromatic N) is 1. The standard InChI is InChI=1S/C21H24N2O2/c1-15-9-10-16(2)19(12-15)21(25)22-13-17-6-3-4-7-18(17)14-23-11-5-8-20(23)24/h3-4,6-7,9-10,12H,5,8,11,13-14H2,1-2H3,(H,22,25). The summed E-state index contributed by atoms with van der Waals surface area (Å²) < 4.78 is 0. The highest BCUT2D eigenvalue weighted by Gasteiger charge is 2.21. The summed E-state index contributed by atoms with van der Waals surface area (Å²) in [5.74, 6) is 0.155. The summed E-state index contributed by atoms with van der Waals surface area (Å²) in [6.45, 7) is 5.83. The first-order valence-electron chi connectivity index (χ1n) is 8.74. The van der Waals surface area contributed by atoms with E-state index in [1.54, 1.807) is 0 Å². The Bertz CT molecular complexity index is 798. The van der Waals surface area contributed by atoms with Crippen molar-refractivity contribution in [1.82, 2.24) is 10.2 Å². The number of hydrogen-bond acceptors (Lipinski definition) is 2. The van der Waals surface area contributed by atoms with Gasteiger partial charge in [-0.25, -0.2) is 0 Å². The summed E-state index contributed by atoms with van der Waals surface area (Å²) in [6, 6.07) is 13.9. The number of rotatable bonds is 5. The summed E-state index contributed by atoms with van der Waals surface area (Å²) in [6.07, 6.45) is 1.58. The minimum Gasteiger partial charge on any atom is -0.348 e. The Morgan fingerprint density at radius 3 is 2.60 bits per heavy atom. The number of aryl methyl sites for hydroxylation is 2. The van der Waals surface area contributed by atoms with Gasteiger partial charge in [-0.05, 0) is 43.0 Å². The molecule has 2 amide bonds. The second kappa shape index (κ2) is 7.51. The van der Waals surface area contributed by atoms with Crippen molar-refractivity contribution in [2.24, 2.45) is 0 Å². The van der Waals surface area contributed by atoms with Crippen LogP contribution in [0.1, 0.15) is 45.5 Å². The van der Waals surface area contributed by atoms with E-state index in [0.29, 0.717) is 25.1 Å². The average molecular weight is 336 g/mol. The molecule has 25 heavy (non-hydrogen) atoms. The van der Waals surface area contributed by atoms with Crippen molar-refractivity contribution in [2.45, 2.75) is 39.8 Å². The third-order valence-electron chi connectivity index (χ3n) is 4.73. The van der Waals surface area contributed by atoms with Crippen LogP contribution in [0.2, 0.25) is 0 Å². The molecule has 1 N–H and O–H groups in total. The second-order valence-corrected chi connectivity index (χ2v) is 6.69. The molecule has 0 aromatic heterocycles. The van der Waals surface area contributed by atoms with Gasteiger partial charge in [-0.15, -0.1) is 0 Å². The summed E-state index contributed by atoms with van der Waals surface area (Å²) in [5.41, 5.74) is 4.91. The minimum absolute atomic E-state index is 0.0618. The van der Waals surface area contributed by atoms with Crippen molar-refractivity contribution in [3.63, 3.8) is 0 Å². The molecule has 1 fully saturated rings. The van der Waals surface area contributed by atoms with Crippen LogP contribution in [0, 0.1) is 13.8 Å². The zero-order chi connectivity index (χ0) is 17.8. The van der Waals surface area contributed by atoms with E-state index >= 15 is 0 Å². The van der Waals surface area contributed by atoms with Gasteiger partial charge < -0.3 is 10.2 Å². The van der Waals surface area contributed by atoms with E-state index in [9.17, 15) is 9.59 Å². The van der Waals surface area contributed by atoms with E-state index in [0.717, 1.165) is 35.2 Å². The highest BCUT2D eigenvalue weighted by atomic mass is 16.2. The molecule has 2 aromatic rings. The normalized spacial score (nSPS) is 14.0. The van der Waals surface area contributed by atoms with E-state index in [1.165, 1.54) is 0 Å². The molecule has 1 saturated heterocycles. The third kappa shape index (κ3) is 4.08. The zero-order valence-corrected chi connectivity index (χ0v) is 14.8. The first kappa shape index (κ1) is 17.2. The smallest absolute Gasteiger partial charge is 0.251 e. The first-order valence-corrected chi connectivity index (χ1v) is 8.74. The van der Waals surface area contributed by atoms with Gasteiger partial charge in [-0.3, -0.25) is 9.59 Å². The summed E-state index contributed by atoms with van der Waals surface area (Å²) >= 11 is 0. The van der Waals surface area contributed by atoms with Gasteiger partial charge in [-0.2, -0.15) is 0 Å². The molecule has 1 aliphatic rings. The monoisotopic (exact) mass is 336 g/mol. The average Bonchev–Trinajstić information content (AvgIpc) is 3.01. The lowest BCUT2D eigenvalue weighted by Crippen LogP contribution is -2.27. The van der Waals surface area contributed by atoms with E-state index in [-0.39, 0.29) is 11.8 Å². The van der Waals surface area contributed by atoms with Crippen LogP contribution < -0.4 is 5.32 Å². The molecule has 2 aromatic carbocycles. The lowest BCUT2D eigenvalue weighted by atomic mass is 10.0. The maximum Gasteiger partial charge on any atom is 0.251 e. The molecule has 0 atom stereocenters. The van der Waals surface area contributed by atoms with Crippen LogP contribution >= 0.6 is 0 Å². The van der Waals surface area contributed by atoms with Crippen molar-refractivity contribution >= 4 is 11.8 Å². The zero-order valence-electron chi connectivity index (χ0n) is 14.8. The van der Waals surface area contributed by atoms with Gasteiger partial charge in [0.1, 0.15) is 0 Å². The minimum atomic E-state index is -0.0618. The van der Waals surface area contributed by atoms with Gasteiger partial charge in [0, 0.05) is 31.6 Å². The topological polar surface area (TPSA) is 49.4 Å². The number of carbonyl (C=O) groups is 2. The highest BCUT2D eigenvalue weighted by molar-refractivity contribution is 5.95. The van der Waals surface area contributed by atoms with Crippen LogP contribution in [0.5, 0.6) is 0 Å². The van der Waals surface area contributed by atoms with E-state index in [4.69, 9.17) is 0 Å². The molecule has 0 bridgehead atoms. The third-order valence-corrected chi connectivity index (χ3v) is 4.73. The Hall–Kier alpha value is -2.62. The predicted octanol–water partition coefficient (Wildman–Crippen LogP) is 3.36. The Morgan fingerprint density at radius 2 is 1.88 bits per heavy atom. The molecule has 3 rings (SSSR count). The molecule has 4 nitrogen and oxygen atoms in total. The van der Waals surface area contributed by atoms with Gasteiger partial charge in [0.25, 0.3) is 5.91 Å².